The minimum atomic E-state index is -1.11. The van der Waals surface area contributed by atoms with Crippen LogP contribution in [0.5, 0.6) is 0 Å². The highest BCUT2D eigenvalue weighted by molar-refractivity contribution is 7.84. The Hall–Kier alpha value is -1.34. The molecule has 4 heteroatoms. The fourth-order valence-corrected chi connectivity index (χ4v) is 2.84. The zero-order valence-corrected chi connectivity index (χ0v) is 11.9. The Morgan fingerprint density at radius 1 is 1.33 bits per heavy atom. The second kappa shape index (κ2) is 4.74. The van der Waals surface area contributed by atoms with Gasteiger partial charge in [0.1, 0.15) is 11.0 Å². The Morgan fingerprint density at radius 3 is 2.67 bits per heavy atom. The largest absolute Gasteiger partial charge is 0.305 e. The van der Waals surface area contributed by atoms with Crippen molar-refractivity contribution in [2.75, 3.05) is 0 Å². The molecule has 0 aromatic rings. The summed E-state index contributed by atoms with van der Waals surface area (Å²) >= 11 is 0. The minimum Gasteiger partial charge on any atom is -0.305 e. The van der Waals surface area contributed by atoms with Crippen LogP contribution in [0.2, 0.25) is 0 Å². The van der Waals surface area contributed by atoms with Crippen LogP contribution < -0.4 is 4.72 Å². The third-order valence-electron chi connectivity index (χ3n) is 3.15. The molecule has 0 aliphatic heterocycles. The molecule has 0 spiro atoms. The lowest BCUT2D eigenvalue weighted by Gasteiger charge is -2.21. The van der Waals surface area contributed by atoms with Crippen molar-refractivity contribution >= 4 is 11.0 Å². The van der Waals surface area contributed by atoms with Gasteiger partial charge in [0.2, 0.25) is 0 Å². The summed E-state index contributed by atoms with van der Waals surface area (Å²) in [4.78, 5) is 0. The van der Waals surface area contributed by atoms with Gasteiger partial charge in [0, 0.05) is 5.70 Å². The first-order valence-electron chi connectivity index (χ1n) is 6.15. The molecule has 1 unspecified atom stereocenters. The maximum atomic E-state index is 12.1. The zero-order chi connectivity index (χ0) is 13.3. The normalized spacial score (nSPS) is 20.8. The van der Waals surface area contributed by atoms with E-state index in [-0.39, 0.29) is 4.75 Å². The summed E-state index contributed by atoms with van der Waals surface area (Å²) in [5, 5.41) is 9.08. The summed E-state index contributed by atoms with van der Waals surface area (Å²) in [6.07, 6.45) is 6.64. The molecule has 18 heavy (non-hydrogen) atoms. The number of nitrogens with zero attached hydrogens (tertiary/aromatic N) is 1. The SMILES string of the molecule is CC(C)(C)S(=O)NC1=CCC2=C1CCC=C2C#N. The summed E-state index contributed by atoms with van der Waals surface area (Å²) < 4.78 is 14.9. The number of allylic oxidation sites excluding steroid dienone is 5. The average Bonchev–Trinajstić information content (AvgIpc) is 2.71. The monoisotopic (exact) mass is 262 g/mol. The third-order valence-corrected chi connectivity index (χ3v) is 4.66. The maximum absolute atomic E-state index is 12.1. The number of nitrogens with one attached hydrogen (secondary N) is 1. The molecule has 0 amide bonds. The zero-order valence-electron chi connectivity index (χ0n) is 11.0. The molecular weight excluding hydrogens is 244 g/mol. The van der Waals surface area contributed by atoms with Crippen molar-refractivity contribution < 1.29 is 4.21 Å². The summed E-state index contributed by atoms with van der Waals surface area (Å²) in [5.74, 6) is 0. The topological polar surface area (TPSA) is 52.9 Å². The van der Waals surface area contributed by atoms with Crippen LogP contribution in [0.25, 0.3) is 0 Å². The molecular formula is C14H18N2OS. The molecule has 1 N–H and O–H groups in total. The van der Waals surface area contributed by atoms with Gasteiger partial charge in [-0.05, 0) is 51.2 Å². The summed E-state index contributed by atoms with van der Waals surface area (Å²) in [5.41, 5.74) is 4.02. The van der Waals surface area contributed by atoms with E-state index in [4.69, 9.17) is 5.26 Å². The van der Waals surface area contributed by atoms with Gasteiger partial charge >= 0.3 is 0 Å². The van der Waals surface area contributed by atoms with Crippen LogP contribution in [-0.2, 0) is 11.0 Å². The Labute approximate surface area is 111 Å². The highest BCUT2D eigenvalue weighted by Gasteiger charge is 2.26. The lowest BCUT2D eigenvalue weighted by atomic mass is 9.92. The first kappa shape index (κ1) is 13.1. The summed E-state index contributed by atoms with van der Waals surface area (Å²) in [6.45, 7) is 5.84. The molecule has 0 heterocycles. The van der Waals surface area contributed by atoms with E-state index in [1.165, 1.54) is 5.57 Å². The molecule has 0 saturated carbocycles. The van der Waals surface area contributed by atoms with Gasteiger partial charge in [-0.25, -0.2) is 4.21 Å². The van der Waals surface area contributed by atoms with E-state index in [9.17, 15) is 4.21 Å². The summed E-state index contributed by atoms with van der Waals surface area (Å²) in [7, 11) is -1.11. The predicted molar refractivity (Wildman–Crippen MR) is 73.7 cm³/mol. The maximum Gasteiger partial charge on any atom is 0.122 e. The first-order valence-corrected chi connectivity index (χ1v) is 7.30. The van der Waals surface area contributed by atoms with E-state index in [0.717, 1.165) is 36.1 Å². The number of hydrogen-bond acceptors (Lipinski definition) is 2. The van der Waals surface area contributed by atoms with E-state index in [2.05, 4.69) is 10.8 Å². The Morgan fingerprint density at radius 2 is 2.06 bits per heavy atom. The van der Waals surface area contributed by atoms with Gasteiger partial charge in [-0.2, -0.15) is 5.26 Å². The molecule has 0 aromatic carbocycles. The van der Waals surface area contributed by atoms with E-state index in [0.29, 0.717) is 0 Å². The van der Waals surface area contributed by atoms with Gasteiger partial charge in [0.25, 0.3) is 0 Å². The van der Waals surface area contributed by atoms with Crippen molar-refractivity contribution in [2.45, 2.75) is 44.8 Å². The fourth-order valence-electron chi connectivity index (χ4n) is 2.12. The molecule has 0 radical (unpaired) electrons. The van der Waals surface area contributed by atoms with Crippen LogP contribution in [0, 0.1) is 11.3 Å². The lowest BCUT2D eigenvalue weighted by Crippen LogP contribution is -2.33. The minimum absolute atomic E-state index is 0.285. The van der Waals surface area contributed by atoms with E-state index in [1.54, 1.807) is 0 Å². The molecule has 0 saturated heterocycles. The Bertz CT molecular complexity index is 527. The van der Waals surface area contributed by atoms with Crippen LogP contribution in [0.15, 0.2) is 34.6 Å². The smallest absolute Gasteiger partial charge is 0.122 e. The second-order valence-corrected chi connectivity index (χ2v) is 7.50. The van der Waals surface area contributed by atoms with Crippen LogP contribution >= 0.6 is 0 Å². The van der Waals surface area contributed by atoms with Gasteiger partial charge in [-0.1, -0.05) is 12.2 Å². The van der Waals surface area contributed by atoms with E-state index < -0.39 is 11.0 Å². The first-order chi connectivity index (χ1) is 8.43. The fraction of sp³-hybridized carbons (Fsp3) is 0.500. The molecule has 1 atom stereocenters. The highest BCUT2D eigenvalue weighted by Crippen LogP contribution is 2.36. The van der Waals surface area contributed by atoms with Crippen molar-refractivity contribution in [3.05, 3.63) is 34.6 Å². The van der Waals surface area contributed by atoms with Gasteiger partial charge < -0.3 is 4.72 Å². The van der Waals surface area contributed by atoms with Crippen LogP contribution in [0.3, 0.4) is 0 Å². The van der Waals surface area contributed by atoms with Gasteiger partial charge in [0.15, 0.2) is 0 Å². The number of hydrogen-bond donors (Lipinski definition) is 1. The third kappa shape index (κ3) is 2.41. The Kier molecular flexibility index (Phi) is 3.45. The second-order valence-electron chi connectivity index (χ2n) is 5.53. The van der Waals surface area contributed by atoms with Crippen molar-refractivity contribution in [1.82, 2.24) is 4.72 Å². The van der Waals surface area contributed by atoms with Crippen molar-refractivity contribution in [3.63, 3.8) is 0 Å². The molecule has 0 bridgehead atoms. The molecule has 0 fully saturated rings. The highest BCUT2D eigenvalue weighted by atomic mass is 32.2. The van der Waals surface area contributed by atoms with Crippen molar-refractivity contribution in [2.24, 2.45) is 0 Å². The van der Waals surface area contributed by atoms with Crippen molar-refractivity contribution in [1.29, 1.82) is 5.26 Å². The van der Waals surface area contributed by atoms with Crippen LogP contribution in [-0.4, -0.2) is 8.96 Å². The quantitative estimate of drug-likeness (QED) is 0.832. The number of nitriles is 1. The van der Waals surface area contributed by atoms with Gasteiger partial charge in [0.05, 0.1) is 16.4 Å². The van der Waals surface area contributed by atoms with E-state index >= 15 is 0 Å². The average molecular weight is 262 g/mol. The van der Waals surface area contributed by atoms with Crippen LogP contribution in [0.1, 0.15) is 40.0 Å². The van der Waals surface area contributed by atoms with Gasteiger partial charge in [-0.15, -0.1) is 0 Å². The predicted octanol–water partition coefficient (Wildman–Crippen LogP) is 2.87. The molecule has 2 aliphatic carbocycles. The summed E-state index contributed by atoms with van der Waals surface area (Å²) in [6, 6.07) is 2.25. The molecule has 96 valence electrons. The molecule has 3 nitrogen and oxygen atoms in total. The molecule has 2 rings (SSSR count). The lowest BCUT2D eigenvalue weighted by molar-refractivity contribution is 0.642. The van der Waals surface area contributed by atoms with Crippen molar-refractivity contribution in [3.8, 4) is 6.07 Å². The Balaban J connectivity index is 2.19. The van der Waals surface area contributed by atoms with Crippen LogP contribution in [0.4, 0.5) is 0 Å². The molecule has 0 aromatic heterocycles. The number of rotatable bonds is 2. The van der Waals surface area contributed by atoms with Gasteiger partial charge in [-0.3, -0.25) is 0 Å². The standard InChI is InChI=1S/C14H18N2OS/c1-14(2,3)18(17)16-13-8-7-11-10(9-15)5-4-6-12(11)13/h5,8,16H,4,6-7H2,1-3H3. The molecule has 2 aliphatic rings. The van der Waals surface area contributed by atoms with E-state index in [1.807, 2.05) is 32.9 Å².